The van der Waals surface area contributed by atoms with Crippen molar-refractivity contribution in [3.05, 3.63) is 52.8 Å². The lowest BCUT2D eigenvalue weighted by atomic mass is 9.38. The van der Waals surface area contributed by atoms with E-state index in [4.69, 9.17) is 10.5 Å². The van der Waals surface area contributed by atoms with E-state index in [0.717, 1.165) is 76.2 Å². The Kier molecular flexibility index (Phi) is 9.41. The van der Waals surface area contributed by atoms with E-state index in [-0.39, 0.29) is 31.0 Å². The number of hydrogen-bond donors (Lipinski definition) is 5. The van der Waals surface area contributed by atoms with Crippen molar-refractivity contribution in [2.24, 2.45) is 58.5 Å². The molecule has 2 saturated heterocycles. The number of ether oxygens (including phenoxy) is 1. The molecule has 2 aromatic rings. The zero-order chi connectivity index (χ0) is 36.6. The molecule has 8 aliphatic rings. The van der Waals surface area contributed by atoms with Gasteiger partial charge in [-0.25, -0.2) is 0 Å². The van der Waals surface area contributed by atoms with Crippen LogP contribution in [0.5, 0.6) is 5.75 Å². The van der Waals surface area contributed by atoms with Crippen LogP contribution in [0.4, 0.5) is 0 Å². The van der Waals surface area contributed by atoms with Gasteiger partial charge in [-0.3, -0.25) is 0 Å². The molecule has 6 bridgehead atoms. The molecule has 10 rings (SSSR count). The van der Waals surface area contributed by atoms with Gasteiger partial charge in [0.05, 0.1) is 17.1 Å². The van der Waals surface area contributed by atoms with Crippen molar-refractivity contribution < 1.29 is 20.1 Å². The van der Waals surface area contributed by atoms with Gasteiger partial charge in [0.25, 0.3) is 0 Å². The number of aromatic nitrogens is 1. The van der Waals surface area contributed by atoms with Crippen LogP contribution in [0.1, 0.15) is 138 Å². The molecule has 7 fully saturated rings. The molecule has 6 aliphatic carbocycles. The summed E-state index contributed by atoms with van der Waals surface area (Å²) < 4.78 is 8.23. The highest BCUT2D eigenvalue weighted by molar-refractivity contribution is 5.40. The number of benzene rings is 1. The lowest BCUT2D eigenvalue weighted by Crippen LogP contribution is -2.84. The SMILES string of the molecule is CCc1c[nH]c(C2CC(C3(C)OC45CC6CCC(CO)C(N)(C63)C4C#CCc3cc(O)ccc3CC3CC5CC4(CCCC4)C3)CCC2CCCO)c1. The molecule has 6 N–H and O–H groups in total. The van der Waals surface area contributed by atoms with Gasteiger partial charge in [-0.1, -0.05) is 37.7 Å². The molecule has 12 unspecified atom stereocenters. The first kappa shape index (κ1) is 36.3. The van der Waals surface area contributed by atoms with Crippen molar-refractivity contribution in [3.63, 3.8) is 0 Å². The van der Waals surface area contributed by atoms with E-state index in [1.165, 1.54) is 55.3 Å². The van der Waals surface area contributed by atoms with Crippen LogP contribution in [0.15, 0.2) is 30.5 Å². The second-order valence-electron chi connectivity index (χ2n) is 19.7. The Hall–Kier alpha value is -2.30. The van der Waals surface area contributed by atoms with Crippen LogP contribution in [0.25, 0.3) is 0 Å². The summed E-state index contributed by atoms with van der Waals surface area (Å²) in [6.45, 7) is 5.07. The standard InChI is InChI=1S/C47H66N2O4/c1-3-30-22-41(49-28-30)40-24-36(14-11-32(40)9-7-19-50)44(2)43-35-12-15-37(29-51)47(43,48)42-10-6-8-33-23-39(52)16-13-34(33)20-31-21-38(46(42,26-35)53-44)27-45(25-31)17-4-5-18-45/h13,16,22-23,28,31-32,35-38,40,42-43,49-52H,3-5,7-9,11-12,14-15,17-21,24-27,29,48H2,1-2H3. The van der Waals surface area contributed by atoms with E-state index in [0.29, 0.717) is 53.1 Å². The fourth-order valence-corrected chi connectivity index (χ4v) is 15.0. The highest BCUT2D eigenvalue weighted by atomic mass is 16.5. The van der Waals surface area contributed by atoms with Crippen molar-refractivity contribution >= 4 is 0 Å². The summed E-state index contributed by atoms with van der Waals surface area (Å²) in [5.74, 6) is 10.7. The predicted octanol–water partition coefficient (Wildman–Crippen LogP) is 8.21. The lowest BCUT2D eigenvalue weighted by molar-refractivity contribution is -0.362. The highest BCUT2D eigenvalue weighted by Crippen LogP contribution is 2.71. The predicted molar refractivity (Wildman–Crippen MR) is 209 cm³/mol. The molecule has 288 valence electrons. The Balaban J connectivity index is 1.17. The summed E-state index contributed by atoms with van der Waals surface area (Å²) in [4.78, 5) is 3.72. The van der Waals surface area contributed by atoms with E-state index in [1.807, 2.05) is 12.1 Å². The average molecular weight is 723 g/mol. The summed E-state index contributed by atoms with van der Waals surface area (Å²) in [5.41, 5.74) is 12.3. The molecule has 2 aliphatic heterocycles. The number of fused-ring (bicyclic) bond motifs is 4. The molecule has 1 aromatic heterocycles. The number of aromatic hydroxyl groups is 1. The third-order valence-electron chi connectivity index (χ3n) is 17.1. The minimum Gasteiger partial charge on any atom is -0.508 e. The van der Waals surface area contributed by atoms with Gasteiger partial charge in [-0.15, -0.1) is 0 Å². The molecule has 6 heteroatoms. The van der Waals surface area contributed by atoms with Gasteiger partial charge in [-0.05, 0) is 173 Å². The summed E-state index contributed by atoms with van der Waals surface area (Å²) >= 11 is 0. The minimum atomic E-state index is -0.632. The van der Waals surface area contributed by atoms with Crippen molar-refractivity contribution in [3.8, 4) is 17.6 Å². The second-order valence-corrected chi connectivity index (χ2v) is 19.7. The van der Waals surface area contributed by atoms with E-state index in [2.05, 4.69) is 49.0 Å². The van der Waals surface area contributed by atoms with Gasteiger partial charge in [-0.2, -0.15) is 0 Å². The van der Waals surface area contributed by atoms with E-state index >= 15 is 0 Å². The van der Waals surface area contributed by atoms with Gasteiger partial charge in [0.2, 0.25) is 0 Å². The number of H-pyrrole nitrogens is 1. The molecule has 1 aromatic carbocycles. The third-order valence-corrected chi connectivity index (χ3v) is 17.1. The summed E-state index contributed by atoms with van der Waals surface area (Å²) in [7, 11) is 0. The topological polar surface area (TPSA) is 112 Å². The first-order chi connectivity index (χ1) is 25.6. The fraction of sp³-hybridized carbons (Fsp3) is 0.745. The van der Waals surface area contributed by atoms with Gasteiger partial charge in [0.15, 0.2) is 0 Å². The largest absolute Gasteiger partial charge is 0.508 e. The molecule has 12 atom stereocenters. The average Bonchev–Trinajstić information content (AvgIpc) is 3.82. The molecule has 0 radical (unpaired) electrons. The minimum absolute atomic E-state index is 0.000512. The van der Waals surface area contributed by atoms with Crippen LogP contribution in [-0.4, -0.2) is 50.3 Å². The molecular formula is C47H66N2O4. The maximum Gasteiger partial charge on any atom is 0.115 e. The number of aryl methyl sites for hydroxylation is 1. The number of hydrogen-bond acceptors (Lipinski definition) is 5. The Labute approximate surface area is 318 Å². The van der Waals surface area contributed by atoms with Crippen LogP contribution >= 0.6 is 0 Å². The maximum absolute atomic E-state index is 11.3. The lowest BCUT2D eigenvalue weighted by Gasteiger charge is -2.75. The summed E-state index contributed by atoms with van der Waals surface area (Å²) in [5, 5.41) is 31.7. The number of aliphatic hydroxyl groups is 2. The van der Waals surface area contributed by atoms with Crippen LogP contribution in [-0.2, 0) is 24.0 Å². The first-order valence-electron chi connectivity index (χ1n) is 21.8. The Morgan fingerprint density at radius 1 is 0.981 bits per heavy atom. The maximum atomic E-state index is 11.3. The first-order valence-corrected chi connectivity index (χ1v) is 21.8. The number of rotatable bonds is 7. The number of phenolic OH excluding ortho intramolecular Hbond substituents is 1. The molecule has 3 heterocycles. The van der Waals surface area contributed by atoms with Crippen LogP contribution in [0.2, 0.25) is 0 Å². The van der Waals surface area contributed by atoms with Crippen LogP contribution < -0.4 is 5.73 Å². The van der Waals surface area contributed by atoms with Crippen molar-refractivity contribution in [1.82, 2.24) is 4.98 Å². The number of aromatic amines is 1. The summed E-state index contributed by atoms with van der Waals surface area (Å²) in [6.07, 6.45) is 22.2. The normalized spacial score (nSPS) is 42.6. The van der Waals surface area contributed by atoms with Crippen LogP contribution in [0, 0.1) is 64.6 Å². The van der Waals surface area contributed by atoms with Gasteiger partial charge in [0, 0.05) is 54.8 Å². The number of aliphatic hydroxyl groups excluding tert-OH is 2. The quantitative estimate of drug-likeness (QED) is 0.185. The number of nitrogens with two attached hydrogens (primary N) is 1. The van der Waals surface area contributed by atoms with E-state index < -0.39 is 16.7 Å². The van der Waals surface area contributed by atoms with Gasteiger partial charge in [0.1, 0.15) is 5.75 Å². The summed E-state index contributed by atoms with van der Waals surface area (Å²) in [6, 6.07) is 8.40. The number of nitrogens with one attached hydrogen (secondary N) is 1. The molecule has 5 saturated carbocycles. The fourth-order valence-electron chi connectivity index (χ4n) is 15.0. The zero-order valence-electron chi connectivity index (χ0n) is 32.6. The molecule has 53 heavy (non-hydrogen) atoms. The smallest absolute Gasteiger partial charge is 0.115 e. The van der Waals surface area contributed by atoms with E-state index in [1.54, 1.807) is 0 Å². The van der Waals surface area contributed by atoms with Crippen molar-refractivity contribution in [1.29, 1.82) is 0 Å². The van der Waals surface area contributed by atoms with E-state index in [9.17, 15) is 15.3 Å². The third kappa shape index (κ3) is 5.79. The Bertz CT molecular complexity index is 1720. The van der Waals surface area contributed by atoms with Crippen LogP contribution in [0.3, 0.4) is 0 Å². The van der Waals surface area contributed by atoms with Crippen molar-refractivity contribution in [2.75, 3.05) is 13.2 Å². The molecule has 0 amide bonds. The number of phenols is 1. The van der Waals surface area contributed by atoms with Crippen molar-refractivity contribution in [2.45, 2.75) is 152 Å². The highest BCUT2D eigenvalue weighted by Gasteiger charge is 2.76. The van der Waals surface area contributed by atoms with Gasteiger partial charge < -0.3 is 30.8 Å². The Morgan fingerprint density at radius 3 is 2.60 bits per heavy atom. The van der Waals surface area contributed by atoms with Gasteiger partial charge >= 0.3 is 0 Å². The molecular weight excluding hydrogens is 657 g/mol. The zero-order valence-corrected chi connectivity index (χ0v) is 32.6. The molecule has 6 nitrogen and oxygen atoms in total. The second kappa shape index (κ2) is 13.7. The Morgan fingerprint density at radius 2 is 1.83 bits per heavy atom. The monoisotopic (exact) mass is 723 g/mol. The molecule has 2 spiro atoms.